The van der Waals surface area contributed by atoms with Crippen molar-refractivity contribution < 1.29 is 9.66 Å². The molecular formula is C37H54N2O3S. The number of ether oxygens (including phenoxy) is 1. The van der Waals surface area contributed by atoms with Crippen molar-refractivity contribution in [2.24, 2.45) is 0 Å². The zero-order valence-electron chi connectivity index (χ0n) is 27.2. The van der Waals surface area contributed by atoms with Gasteiger partial charge in [-0.05, 0) is 24.1 Å². The molecule has 0 atom stereocenters. The van der Waals surface area contributed by atoms with E-state index in [1.54, 1.807) is 0 Å². The molecule has 0 saturated carbocycles. The second kappa shape index (κ2) is 18.2. The van der Waals surface area contributed by atoms with Crippen molar-refractivity contribution in [3.05, 3.63) is 87.0 Å². The largest absolute Gasteiger partial charge is 0.495 e. The van der Waals surface area contributed by atoms with E-state index in [4.69, 9.17) is 17.0 Å². The van der Waals surface area contributed by atoms with E-state index in [1.165, 1.54) is 133 Å². The molecule has 6 heteroatoms. The van der Waals surface area contributed by atoms with Crippen LogP contribution < -0.4 is 4.90 Å². The molecule has 3 rings (SSSR count). The maximum absolute atomic E-state index is 11.5. The summed E-state index contributed by atoms with van der Waals surface area (Å²) >= 11 is 5.59. The Morgan fingerprint density at radius 2 is 1.37 bits per heavy atom. The molecule has 1 aliphatic heterocycles. The summed E-state index contributed by atoms with van der Waals surface area (Å²) in [6.07, 6.45) is 28.7. The fraction of sp³-hybridized carbons (Fsp3) is 0.595. The first-order valence-electron chi connectivity index (χ1n) is 16.8. The smallest absolute Gasteiger partial charge is 0.273 e. The molecule has 2 aliphatic rings. The average molecular weight is 607 g/mol. The van der Waals surface area contributed by atoms with E-state index < -0.39 is 4.92 Å². The highest BCUT2D eigenvalue weighted by atomic mass is 32.1. The number of anilines is 1. The Morgan fingerprint density at radius 1 is 0.837 bits per heavy atom. The molecule has 0 bridgehead atoms. The minimum Gasteiger partial charge on any atom is -0.495 e. The van der Waals surface area contributed by atoms with E-state index >= 15 is 0 Å². The molecule has 0 N–H and O–H groups in total. The number of benzene rings is 1. The van der Waals surface area contributed by atoms with Gasteiger partial charge in [0.15, 0.2) is 0 Å². The van der Waals surface area contributed by atoms with Gasteiger partial charge in [0, 0.05) is 35.0 Å². The zero-order chi connectivity index (χ0) is 31.1. The lowest BCUT2D eigenvalue weighted by Crippen LogP contribution is -2.27. The molecule has 1 aromatic rings. The fourth-order valence-electron chi connectivity index (χ4n) is 6.36. The van der Waals surface area contributed by atoms with Crippen molar-refractivity contribution in [2.75, 3.05) is 18.6 Å². The predicted octanol–water partition coefficient (Wildman–Crippen LogP) is 10.9. The summed E-state index contributed by atoms with van der Waals surface area (Å²) in [6, 6.07) is 8.63. The first-order valence-corrected chi connectivity index (χ1v) is 17.2. The number of para-hydroxylation sites is 1. The molecule has 1 heterocycles. The highest BCUT2D eigenvalue weighted by molar-refractivity contribution is 7.81. The van der Waals surface area contributed by atoms with Crippen LogP contribution in [0.1, 0.15) is 129 Å². The van der Waals surface area contributed by atoms with Crippen LogP contribution >= 0.6 is 12.2 Å². The molecule has 43 heavy (non-hydrogen) atoms. The number of allylic oxidation sites excluding steroid dienone is 6. The van der Waals surface area contributed by atoms with Crippen LogP contribution in [0.4, 0.5) is 5.69 Å². The average Bonchev–Trinajstić information content (AvgIpc) is 3.21. The number of hydrogen-bond donors (Lipinski definition) is 0. The van der Waals surface area contributed by atoms with E-state index in [-0.39, 0.29) is 11.1 Å². The maximum Gasteiger partial charge on any atom is 0.273 e. The molecular weight excluding hydrogens is 552 g/mol. The second-order valence-corrected chi connectivity index (χ2v) is 13.0. The van der Waals surface area contributed by atoms with Crippen LogP contribution in [0.3, 0.4) is 0 Å². The third kappa shape index (κ3) is 10.2. The summed E-state index contributed by atoms with van der Waals surface area (Å²) < 4.78 is 5.34. The summed E-state index contributed by atoms with van der Waals surface area (Å²) in [5.41, 5.74) is 4.17. The number of fused-ring (bicyclic) bond motifs is 1. The van der Waals surface area contributed by atoms with Crippen LogP contribution in [0.15, 0.2) is 71.3 Å². The topological polar surface area (TPSA) is 55.6 Å². The van der Waals surface area contributed by atoms with Gasteiger partial charge >= 0.3 is 0 Å². The minimum atomic E-state index is -0.402. The number of hydrogen-bond acceptors (Lipinski definition) is 5. The van der Waals surface area contributed by atoms with Gasteiger partial charge < -0.3 is 9.64 Å². The Bertz CT molecular complexity index is 1190. The molecule has 236 valence electrons. The standard InChI is InChI=1S/C37H54N2O3S/c1-5-6-7-8-9-10-11-12-13-14-15-16-17-18-19-22-27-38-33-24-21-20-23-32(33)37(2,3)35(38)26-25-30-28-31(39(40)41)29-34(42-4)36(30)43/h20-21,23-26,28-29H,5-19,22,27H2,1-4H3/b30-25+,35-26+. The molecule has 1 aromatic carbocycles. The first kappa shape index (κ1) is 34.8. The summed E-state index contributed by atoms with van der Waals surface area (Å²) in [5, 5.41) is 11.5. The van der Waals surface area contributed by atoms with Gasteiger partial charge in [-0.15, -0.1) is 0 Å². The lowest BCUT2D eigenvalue weighted by molar-refractivity contribution is -0.419. The van der Waals surface area contributed by atoms with E-state index in [0.29, 0.717) is 16.2 Å². The summed E-state index contributed by atoms with van der Waals surface area (Å²) in [5.74, 6) is 0.354. The summed E-state index contributed by atoms with van der Waals surface area (Å²) in [7, 11) is 1.49. The van der Waals surface area contributed by atoms with Gasteiger partial charge in [-0.3, -0.25) is 10.1 Å². The van der Waals surface area contributed by atoms with Gasteiger partial charge in [0.25, 0.3) is 5.70 Å². The molecule has 0 saturated heterocycles. The highest BCUT2D eigenvalue weighted by Crippen LogP contribution is 2.47. The van der Waals surface area contributed by atoms with Crippen LogP contribution in [-0.4, -0.2) is 23.4 Å². The monoisotopic (exact) mass is 606 g/mol. The Hall–Kier alpha value is -2.73. The Morgan fingerprint density at radius 3 is 1.91 bits per heavy atom. The maximum atomic E-state index is 11.5. The van der Waals surface area contributed by atoms with E-state index in [2.05, 4.69) is 56.0 Å². The third-order valence-corrected chi connectivity index (χ3v) is 9.39. The number of methoxy groups -OCH3 is 1. The number of rotatable bonds is 20. The van der Waals surface area contributed by atoms with Crippen LogP contribution in [0.5, 0.6) is 0 Å². The lowest BCUT2D eigenvalue weighted by atomic mass is 9.83. The van der Waals surface area contributed by atoms with Gasteiger partial charge in [0.1, 0.15) is 5.76 Å². The molecule has 0 spiro atoms. The van der Waals surface area contributed by atoms with Crippen molar-refractivity contribution in [1.82, 2.24) is 0 Å². The van der Waals surface area contributed by atoms with Crippen LogP contribution in [0, 0.1) is 10.1 Å². The lowest BCUT2D eigenvalue weighted by Gasteiger charge is -2.27. The van der Waals surface area contributed by atoms with Gasteiger partial charge in [-0.1, -0.05) is 154 Å². The molecule has 0 amide bonds. The number of unbranched alkanes of at least 4 members (excludes halogenated alkanes) is 15. The van der Waals surface area contributed by atoms with Gasteiger partial charge in [-0.25, -0.2) is 0 Å². The van der Waals surface area contributed by atoms with Crippen molar-refractivity contribution in [3.63, 3.8) is 0 Å². The Balaban J connectivity index is 1.48. The number of thiocarbonyl (C=S) groups is 1. The molecule has 0 unspecified atom stereocenters. The quantitative estimate of drug-likeness (QED) is 0.0486. The van der Waals surface area contributed by atoms with Crippen molar-refractivity contribution in [2.45, 2.75) is 129 Å². The molecule has 0 radical (unpaired) electrons. The highest BCUT2D eigenvalue weighted by Gasteiger charge is 2.39. The SMILES string of the molecule is CCCCCCCCCCCCCCCCCCN1/C(=C/C=C2\C=C([N+](=O)[O-])C=C(OC)C2=S)C(C)(C)c2ccccc21. The molecule has 0 fully saturated rings. The number of nitro groups is 1. The minimum absolute atomic E-state index is 0.0194. The van der Waals surface area contributed by atoms with Crippen LogP contribution in [-0.2, 0) is 10.2 Å². The normalized spacial score (nSPS) is 17.8. The molecule has 5 nitrogen and oxygen atoms in total. The van der Waals surface area contributed by atoms with E-state index in [9.17, 15) is 10.1 Å². The van der Waals surface area contributed by atoms with Crippen molar-refractivity contribution in [1.29, 1.82) is 0 Å². The second-order valence-electron chi connectivity index (χ2n) is 12.6. The van der Waals surface area contributed by atoms with Gasteiger partial charge in [0.05, 0.1) is 23.0 Å². The predicted molar refractivity (Wildman–Crippen MR) is 185 cm³/mol. The fourth-order valence-corrected chi connectivity index (χ4v) is 6.63. The summed E-state index contributed by atoms with van der Waals surface area (Å²) in [6.45, 7) is 7.74. The van der Waals surface area contributed by atoms with Gasteiger partial charge in [-0.2, -0.15) is 0 Å². The number of nitrogens with zero attached hydrogens (tertiary/aromatic N) is 2. The van der Waals surface area contributed by atoms with Gasteiger partial charge in [0.2, 0.25) is 0 Å². The van der Waals surface area contributed by atoms with E-state index in [1.807, 2.05) is 6.08 Å². The van der Waals surface area contributed by atoms with Crippen LogP contribution in [0.2, 0.25) is 0 Å². The van der Waals surface area contributed by atoms with E-state index in [0.717, 1.165) is 13.0 Å². The first-order chi connectivity index (χ1) is 20.8. The summed E-state index contributed by atoms with van der Waals surface area (Å²) in [4.78, 5) is 14.0. The zero-order valence-corrected chi connectivity index (χ0v) is 28.0. The van der Waals surface area contributed by atoms with Crippen molar-refractivity contribution >= 4 is 22.8 Å². The molecule has 1 aliphatic carbocycles. The third-order valence-electron chi connectivity index (χ3n) is 8.95. The Labute approximate surface area is 266 Å². The van der Waals surface area contributed by atoms with Crippen LogP contribution in [0.25, 0.3) is 0 Å². The van der Waals surface area contributed by atoms with Crippen molar-refractivity contribution in [3.8, 4) is 0 Å². The molecule has 0 aromatic heterocycles. The Kier molecular flexibility index (Phi) is 14.7.